The van der Waals surface area contributed by atoms with Crippen molar-refractivity contribution in [3.8, 4) is 0 Å². The zero-order valence-electron chi connectivity index (χ0n) is 9.41. The van der Waals surface area contributed by atoms with E-state index in [1.165, 1.54) is 12.8 Å². The molecule has 1 fully saturated rings. The molecule has 0 aromatic rings. The third-order valence-electron chi connectivity index (χ3n) is 3.21. The molecule has 2 aliphatic rings. The average molecular weight is 209 g/mol. The highest BCUT2D eigenvalue weighted by molar-refractivity contribution is 5.76. The van der Waals surface area contributed by atoms with Crippen LogP contribution in [0.25, 0.3) is 0 Å². The Hall–Kier alpha value is -0.930. The number of nitrogens with zero attached hydrogens (tertiary/aromatic N) is 3. The third-order valence-corrected chi connectivity index (χ3v) is 3.21. The summed E-state index contributed by atoms with van der Waals surface area (Å²) in [7, 11) is 0. The minimum absolute atomic E-state index is 0.221. The summed E-state index contributed by atoms with van der Waals surface area (Å²) >= 11 is 0. The van der Waals surface area contributed by atoms with Gasteiger partial charge in [0, 0.05) is 25.9 Å². The zero-order valence-corrected chi connectivity index (χ0v) is 9.41. The Morgan fingerprint density at radius 2 is 1.80 bits per heavy atom. The number of likely N-dealkylation sites (tertiary alicyclic amines) is 1. The van der Waals surface area contributed by atoms with Gasteiger partial charge < -0.3 is 4.90 Å². The molecule has 0 unspecified atom stereocenters. The predicted octanol–water partition coefficient (Wildman–Crippen LogP) is 2.35. The highest BCUT2D eigenvalue weighted by atomic mass is 16.2. The normalized spacial score (nSPS) is 23.7. The summed E-state index contributed by atoms with van der Waals surface area (Å²) in [5.74, 6) is 0.287. The van der Waals surface area contributed by atoms with E-state index in [0.29, 0.717) is 6.42 Å². The molecule has 1 saturated heterocycles. The van der Waals surface area contributed by atoms with Crippen LogP contribution in [0.4, 0.5) is 0 Å². The van der Waals surface area contributed by atoms with Gasteiger partial charge in [0.2, 0.25) is 5.91 Å². The maximum Gasteiger partial charge on any atom is 0.222 e. The standard InChI is InChI=1S/C11H19N3O/c1-11(12-13-11)7-6-10(15)14-8-4-2-3-5-9-14/h2-9H2,1H3. The molecule has 84 valence electrons. The lowest BCUT2D eigenvalue weighted by atomic mass is 10.1. The van der Waals surface area contributed by atoms with Crippen molar-refractivity contribution in [2.75, 3.05) is 13.1 Å². The molecule has 15 heavy (non-hydrogen) atoms. The Kier molecular flexibility index (Phi) is 3.03. The molecule has 0 radical (unpaired) electrons. The third kappa shape index (κ3) is 3.01. The molecule has 0 aromatic heterocycles. The Morgan fingerprint density at radius 3 is 2.33 bits per heavy atom. The molecule has 2 aliphatic heterocycles. The Labute approximate surface area is 90.7 Å². The largest absolute Gasteiger partial charge is 0.343 e. The second kappa shape index (κ2) is 4.29. The fourth-order valence-corrected chi connectivity index (χ4v) is 2.01. The number of carbonyl (C=O) groups excluding carboxylic acids is 1. The smallest absolute Gasteiger partial charge is 0.222 e. The first-order valence-corrected chi connectivity index (χ1v) is 5.91. The maximum atomic E-state index is 11.9. The zero-order chi connectivity index (χ0) is 10.7. The second-order valence-corrected chi connectivity index (χ2v) is 4.71. The van der Waals surface area contributed by atoms with Gasteiger partial charge in [0.15, 0.2) is 5.66 Å². The van der Waals surface area contributed by atoms with Gasteiger partial charge in [-0.15, -0.1) is 0 Å². The topological polar surface area (TPSA) is 45.0 Å². The Morgan fingerprint density at radius 1 is 1.20 bits per heavy atom. The van der Waals surface area contributed by atoms with Gasteiger partial charge in [-0.1, -0.05) is 12.8 Å². The molecular weight excluding hydrogens is 190 g/mol. The molecule has 0 spiro atoms. The van der Waals surface area contributed by atoms with E-state index >= 15 is 0 Å². The number of carbonyl (C=O) groups is 1. The molecule has 0 saturated carbocycles. The maximum absolute atomic E-state index is 11.9. The Balaban J connectivity index is 1.73. The molecule has 2 heterocycles. The van der Waals surface area contributed by atoms with Gasteiger partial charge in [0.25, 0.3) is 0 Å². The minimum Gasteiger partial charge on any atom is -0.343 e. The Bertz CT molecular complexity index is 261. The molecule has 0 bridgehead atoms. The van der Waals surface area contributed by atoms with Gasteiger partial charge >= 0.3 is 0 Å². The molecule has 4 heteroatoms. The summed E-state index contributed by atoms with van der Waals surface area (Å²) in [6, 6.07) is 0. The molecular formula is C11H19N3O. The summed E-state index contributed by atoms with van der Waals surface area (Å²) in [5, 5.41) is 7.85. The van der Waals surface area contributed by atoms with E-state index in [0.717, 1.165) is 32.4 Å². The van der Waals surface area contributed by atoms with Gasteiger partial charge in [0.1, 0.15) is 0 Å². The average Bonchev–Trinajstić information content (AvgIpc) is 2.99. The SMILES string of the molecule is CC1(CCC(=O)N2CCCCCC2)N=N1. The number of amides is 1. The van der Waals surface area contributed by atoms with Gasteiger partial charge in [-0.2, -0.15) is 10.2 Å². The van der Waals surface area contributed by atoms with Crippen molar-refractivity contribution in [1.29, 1.82) is 0 Å². The number of hydrogen-bond donors (Lipinski definition) is 0. The van der Waals surface area contributed by atoms with E-state index in [9.17, 15) is 4.79 Å². The van der Waals surface area contributed by atoms with Crippen LogP contribution in [0.3, 0.4) is 0 Å². The predicted molar refractivity (Wildman–Crippen MR) is 57.5 cm³/mol. The van der Waals surface area contributed by atoms with Crippen LogP contribution in [0.2, 0.25) is 0 Å². The fraction of sp³-hybridized carbons (Fsp3) is 0.909. The van der Waals surface area contributed by atoms with Crippen molar-refractivity contribution in [1.82, 2.24) is 4.90 Å². The van der Waals surface area contributed by atoms with Crippen molar-refractivity contribution in [2.24, 2.45) is 10.2 Å². The first-order chi connectivity index (χ1) is 7.20. The van der Waals surface area contributed by atoms with E-state index in [-0.39, 0.29) is 11.6 Å². The lowest BCUT2D eigenvalue weighted by Crippen LogP contribution is -2.32. The lowest BCUT2D eigenvalue weighted by Gasteiger charge is -2.20. The summed E-state index contributed by atoms with van der Waals surface area (Å²) < 4.78 is 0. The number of rotatable bonds is 3. The van der Waals surface area contributed by atoms with E-state index in [1.807, 2.05) is 11.8 Å². The van der Waals surface area contributed by atoms with Gasteiger partial charge in [-0.05, 0) is 19.8 Å². The van der Waals surface area contributed by atoms with Crippen LogP contribution in [0, 0.1) is 0 Å². The highest BCUT2D eigenvalue weighted by Crippen LogP contribution is 2.32. The molecule has 0 aliphatic carbocycles. The van der Waals surface area contributed by atoms with E-state index < -0.39 is 0 Å². The van der Waals surface area contributed by atoms with E-state index in [1.54, 1.807) is 0 Å². The van der Waals surface area contributed by atoms with Crippen molar-refractivity contribution in [3.05, 3.63) is 0 Å². The van der Waals surface area contributed by atoms with Crippen LogP contribution in [0.5, 0.6) is 0 Å². The van der Waals surface area contributed by atoms with Gasteiger partial charge in [0.05, 0.1) is 0 Å². The highest BCUT2D eigenvalue weighted by Gasteiger charge is 2.34. The van der Waals surface area contributed by atoms with Crippen molar-refractivity contribution >= 4 is 5.91 Å². The molecule has 1 amide bonds. The van der Waals surface area contributed by atoms with E-state index in [4.69, 9.17) is 0 Å². The van der Waals surface area contributed by atoms with Crippen molar-refractivity contribution in [3.63, 3.8) is 0 Å². The summed E-state index contributed by atoms with van der Waals surface area (Å²) in [6.07, 6.45) is 6.25. The molecule has 4 nitrogen and oxygen atoms in total. The molecule has 0 aromatic carbocycles. The minimum atomic E-state index is -0.221. The summed E-state index contributed by atoms with van der Waals surface area (Å²) in [5.41, 5.74) is -0.221. The number of hydrogen-bond acceptors (Lipinski definition) is 3. The van der Waals surface area contributed by atoms with Crippen LogP contribution in [-0.4, -0.2) is 29.6 Å². The first kappa shape index (κ1) is 10.6. The van der Waals surface area contributed by atoms with Crippen LogP contribution in [-0.2, 0) is 4.79 Å². The van der Waals surface area contributed by atoms with Crippen LogP contribution >= 0.6 is 0 Å². The van der Waals surface area contributed by atoms with Gasteiger partial charge in [-0.3, -0.25) is 4.79 Å². The molecule has 0 N–H and O–H groups in total. The van der Waals surface area contributed by atoms with Crippen LogP contribution in [0.15, 0.2) is 10.2 Å². The summed E-state index contributed by atoms with van der Waals surface area (Å²) in [4.78, 5) is 13.9. The second-order valence-electron chi connectivity index (χ2n) is 4.71. The van der Waals surface area contributed by atoms with E-state index in [2.05, 4.69) is 10.2 Å². The van der Waals surface area contributed by atoms with Crippen molar-refractivity contribution < 1.29 is 4.79 Å². The molecule has 0 atom stereocenters. The van der Waals surface area contributed by atoms with Crippen molar-refractivity contribution in [2.45, 2.75) is 51.1 Å². The quantitative estimate of drug-likeness (QED) is 0.703. The molecule has 2 rings (SSSR count). The van der Waals surface area contributed by atoms with Gasteiger partial charge in [-0.25, -0.2) is 0 Å². The lowest BCUT2D eigenvalue weighted by molar-refractivity contribution is -0.131. The monoisotopic (exact) mass is 209 g/mol. The van der Waals surface area contributed by atoms with Crippen LogP contribution < -0.4 is 0 Å². The fourth-order valence-electron chi connectivity index (χ4n) is 2.01. The first-order valence-electron chi connectivity index (χ1n) is 5.91. The van der Waals surface area contributed by atoms with Crippen LogP contribution in [0.1, 0.15) is 45.4 Å². The summed E-state index contributed by atoms with van der Waals surface area (Å²) in [6.45, 7) is 3.87.